The van der Waals surface area contributed by atoms with E-state index in [0.29, 0.717) is 11.3 Å². The Hall–Kier alpha value is -1.86. The van der Waals surface area contributed by atoms with Crippen LogP contribution in [0.4, 0.5) is 10.5 Å². The predicted molar refractivity (Wildman–Crippen MR) is 66.5 cm³/mol. The zero-order valence-corrected chi connectivity index (χ0v) is 10.4. The van der Waals surface area contributed by atoms with Crippen molar-refractivity contribution in [2.45, 2.75) is 12.3 Å². The summed E-state index contributed by atoms with van der Waals surface area (Å²) in [5.41, 5.74) is 0.948. The van der Waals surface area contributed by atoms with E-state index in [1.165, 1.54) is 18.0 Å². The molecule has 96 valence electrons. The predicted octanol–water partition coefficient (Wildman–Crippen LogP) is 1.33. The number of para-hydroxylation sites is 1. The Kier molecular flexibility index (Phi) is 3.10. The lowest BCUT2D eigenvalue weighted by atomic mass is 10.2. The monoisotopic (exact) mass is 268 g/mol. The van der Waals surface area contributed by atoms with Gasteiger partial charge in [0.15, 0.2) is 5.37 Å². The van der Waals surface area contributed by atoms with Crippen LogP contribution in [-0.4, -0.2) is 24.4 Å². The molecule has 6 nitrogen and oxygen atoms in total. The van der Waals surface area contributed by atoms with Crippen molar-refractivity contribution in [1.82, 2.24) is 5.32 Å². The van der Waals surface area contributed by atoms with Gasteiger partial charge in [0.25, 0.3) is 10.1 Å². The van der Waals surface area contributed by atoms with Crippen LogP contribution in [0.1, 0.15) is 6.92 Å². The van der Waals surface area contributed by atoms with Gasteiger partial charge in [0.2, 0.25) is 0 Å². The van der Waals surface area contributed by atoms with Crippen LogP contribution in [0.5, 0.6) is 0 Å². The van der Waals surface area contributed by atoms with Crippen molar-refractivity contribution in [3.63, 3.8) is 0 Å². The Morgan fingerprint density at radius 2 is 1.89 bits per heavy atom. The second kappa shape index (κ2) is 4.43. The van der Waals surface area contributed by atoms with Crippen molar-refractivity contribution < 1.29 is 17.8 Å². The second-order valence-corrected chi connectivity index (χ2v) is 5.42. The number of nitrogens with one attached hydrogen (secondary N) is 1. The van der Waals surface area contributed by atoms with Gasteiger partial charge in [-0.2, -0.15) is 8.42 Å². The van der Waals surface area contributed by atoms with E-state index in [1.807, 2.05) is 6.07 Å². The third-order valence-electron chi connectivity index (χ3n) is 2.55. The Morgan fingerprint density at radius 3 is 2.44 bits per heavy atom. The molecule has 2 N–H and O–H groups in total. The summed E-state index contributed by atoms with van der Waals surface area (Å²) in [6, 6.07) is 8.17. The van der Waals surface area contributed by atoms with Crippen molar-refractivity contribution in [2.75, 3.05) is 4.90 Å². The van der Waals surface area contributed by atoms with Gasteiger partial charge in [-0.3, -0.25) is 9.45 Å². The average molecular weight is 268 g/mol. The smallest absolute Gasteiger partial charge is 0.315 e. The minimum absolute atomic E-state index is 0.334. The number of amides is 2. The lowest BCUT2D eigenvalue weighted by molar-refractivity contribution is 0.246. The van der Waals surface area contributed by atoms with Crippen molar-refractivity contribution in [2.24, 2.45) is 0 Å². The van der Waals surface area contributed by atoms with Crippen molar-refractivity contribution >= 4 is 21.8 Å². The summed E-state index contributed by atoms with van der Waals surface area (Å²) < 4.78 is 31.1. The van der Waals surface area contributed by atoms with Gasteiger partial charge in [-0.1, -0.05) is 18.2 Å². The van der Waals surface area contributed by atoms with Crippen LogP contribution < -0.4 is 10.2 Å². The van der Waals surface area contributed by atoms with E-state index in [0.717, 1.165) is 0 Å². The maximum Gasteiger partial charge on any atom is 0.327 e. The van der Waals surface area contributed by atoms with E-state index < -0.39 is 21.5 Å². The number of anilines is 1. The quantitative estimate of drug-likeness (QED) is 0.792. The number of hydrogen-bond donors (Lipinski definition) is 2. The fraction of sp³-hybridized carbons (Fsp3) is 0.182. The van der Waals surface area contributed by atoms with Crippen LogP contribution in [-0.2, 0) is 10.1 Å². The van der Waals surface area contributed by atoms with Gasteiger partial charge in [-0.05, 0) is 24.6 Å². The van der Waals surface area contributed by atoms with E-state index in [-0.39, 0.29) is 0 Å². The molecule has 1 atom stereocenters. The SMILES string of the molecule is CC1=CN(c2ccccc2)C(=O)NC1S(=O)(=O)O. The van der Waals surface area contributed by atoms with Crippen LogP contribution in [0, 0.1) is 0 Å². The first-order valence-electron chi connectivity index (χ1n) is 5.19. The molecule has 0 saturated heterocycles. The average Bonchev–Trinajstić information content (AvgIpc) is 2.31. The van der Waals surface area contributed by atoms with Gasteiger partial charge in [0.05, 0.1) is 5.69 Å². The third-order valence-corrected chi connectivity index (χ3v) is 3.64. The van der Waals surface area contributed by atoms with Crippen LogP contribution in [0.15, 0.2) is 42.1 Å². The minimum atomic E-state index is -4.34. The molecule has 2 amide bonds. The van der Waals surface area contributed by atoms with E-state index in [1.54, 1.807) is 24.3 Å². The zero-order chi connectivity index (χ0) is 13.3. The molecule has 1 aromatic carbocycles. The summed E-state index contributed by atoms with van der Waals surface area (Å²) in [7, 11) is -4.34. The molecule has 1 heterocycles. The Balaban J connectivity index is 2.39. The molecule has 0 aromatic heterocycles. The molecule has 0 bridgehead atoms. The summed E-state index contributed by atoms with van der Waals surface area (Å²) >= 11 is 0. The number of benzene rings is 1. The first-order valence-corrected chi connectivity index (χ1v) is 6.69. The summed E-state index contributed by atoms with van der Waals surface area (Å²) in [6.45, 7) is 1.52. The first-order chi connectivity index (χ1) is 8.39. The minimum Gasteiger partial charge on any atom is -0.315 e. The van der Waals surface area contributed by atoms with Crippen LogP contribution in [0.3, 0.4) is 0 Å². The molecule has 1 unspecified atom stereocenters. The van der Waals surface area contributed by atoms with Crippen molar-refractivity contribution in [3.8, 4) is 0 Å². The molecule has 0 radical (unpaired) electrons. The molecule has 0 fully saturated rings. The second-order valence-electron chi connectivity index (χ2n) is 3.92. The first kappa shape index (κ1) is 12.6. The summed E-state index contributed by atoms with van der Waals surface area (Å²) in [5.74, 6) is 0. The fourth-order valence-electron chi connectivity index (χ4n) is 1.72. The molecule has 2 rings (SSSR count). The molecule has 1 aliphatic heterocycles. The lowest BCUT2D eigenvalue weighted by Gasteiger charge is -2.29. The summed E-state index contributed by atoms with van der Waals surface area (Å²) in [4.78, 5) is 13.1. The van der Waals surface area contributed by atoms with Crippen LogP contribution >= 0.6 is 0 Å². The maximum atomic E-state index is 11.8. The Bertz CT molecular complexity index is 595. The number of hydrogen-bond acceptors (Lipinski definition) is 3. The highest BCUT2D eigenvalue weighted by atomic mass is 32.2. The number of carbonyl (C=O) groups is 1. The molecule has 0 aliphatic carbocycles. The van der Waals surface area contributed by atoms with Gasteiger partial charge in [-0.15, -0.1) is 0 Å². The molecular weight excluding hydrogens is 256 g/mol. The molecule has 1 aliphatic rings. The van der Waals surface area contributed by atoms with Crippen LogP contribution in [0.25, 0.3) is 0 Å². The van der Waals surface area contributed by atoms with E-state index >= 15 is 0 Å². The highest BCUT2D eigenvalue weighted by Crippen LogP contribution is 2.21. The van der Waals surface area contributed by atoms with E-state index in [4.69, 9.17) is 4.55 Å². The highest BCUT2D eigenvalue weighted by Gasteiger charge is 2.33. The maximum absolute atomic E-state index is 11.8. The van der Waals surface area contributed by atoms with E-state index in [9.17, 15) is 13.2 Å². The molecule has 18 heavy (non-hydrogen) atoms. The van der Waals surface area contributed by atoms with Gasteiger partial charge >= 0.3 is 6.03 Å². The van der Waals surface area contributed by atoms with Crippen molar-refractivity contribution in [1.29, 1.82) is 0 Å². The van der Waals surface area contributed by atoms with Gasteiger partial charge in [0.1, 0.15) is 0 Å². The molecule has 0 spiro atoms. The molecule has 7 heteroatoms. The van der Waals surface area contributed by atoms with Crippen molar-refractivity contribution in [3.05, 3.63) is 42.1 Å². The third kappa shape index (κ3) is 2.36. The highest BCUT2D eigenvalue weighted by molar-refractivity contribution is 7.86. The summed E-state index contributed by atoms with van der Waals surface area (Å²) in [6.07, 6.45) is 1.40. The molecule has 1 aromatic rings. The fourth-order valence-corrected chi connectivity index (χ4v) is 2.50. The van der Waals surface area contributed by atoms with E-state index in [2.05, 4.69) is 5.32 Å². The largest absolute Gasteiger partial charge is 0.327 e. The Morgan fingerprint density at radius 1 is 1.28 bits per heavy atom. The standard InChI is InChI=1S/C11H12N2O4S/c1-8-7-13(9-5-3-2-4-6-9)11(14)12-10(8)18(15,16)17/h2-7,10H,1H3,(H,12,14)(H,15,16,17). The number of carbonyl (C=O) groups excluding carboxylic acids is 1. The lowest BCUT2D eigenvalue weighted by Crippen LogP contribution is -2.50. The summed E-state index contributed by atoms with van der Waals surface area (Å²) in [5, 5.41) is 0.851. The molecule has 0 saturated carbocycles. The van der Waals surface area contributed by atoms with Gasteiger partial charge in [0, 0.05) is 6.20 Å². The zero-order valence-electron chi connectivity index (χ0n) is 9.57. The number of rotatable bonds is 2. The van der Waals surface area contributed by atoms with Gasteiger partial charge in [-0.25, -0.2) is 4.79 Å². The topological polar surface area (TPSA) is 86.7 Å². The normalized spacial score (nSPS) is 20.3. The molecular formula is C11H12N2O4S. The Labute approximate surface area is 105 Å². The number of nitrogens with zero attached hydrogens (tertiary/aromatic N) is 1. The van der Waals surface area contributed by atoms with Gasteiger partial charge < -0.3 is 5.32 Å². The van der Waals surface area contributed by atoms with Crippen LogP contribution in [0.2, 0.25) is 0 Å². The number of urea groups is 1.